The Morgan fingerprint density at radius 2 is 2.29 bits per heavy atom. The second kappa shape index (κ2) is 6.53. The molecule has 1 aliphatic heterocycles. The maximum absolute atomic E-state index is 4.44. The fraction of sp³-hybridized carbons (Fsp3) is 0.333. The molecule has 0 saturated carbocycles. The molecule has 0 saturated heterocycles. The first-order valence-electron chi connectivity index (χ1n) is 8.22. The highest BCUT2D eigenvalue weighted by atomic mass is 79.9. The Morgan fingerprint density at radius 3 is 3.08 bits per heavy atom. The van der Waals surface area contributed by atoms with Crippen LogP contribution in [0.3, 0.4) is 0 Å². The van der Waals surface area contributed by atoms with Crippen LogP contribution in [0.15, 0.2) is 47.7 Å². The van der Waals surface area contributed by atoms with Crippen LogP contribution in [0, 0.1) is 6.92 Å². The lowest BCUT2D eigenvalue weighted by molar-refractivity contribution is 0.375. The van der Waals surface area contributed by atoms with Crippen molar-refractivity contribution in [3.05, 3.63) is 64.7 Å². The second-order valence-corrected chi connectivity index (χ2v) is 7.12. The first-order chi connectivity index (χ1) is 11.7. The number of fused-ring (bicyclic) bond motifs is 1. The summed E-state index contributed by atoms with van der Waals surface area (Å²) in [6.07, 6.45) is 9.66. The van der Waals surface area contributed by atoms with E-state index in [-0.39, 0.29) is 0 Å². The molecule has 5 nitrogen and oxygen atoms in total. The van der Waals surface area contributed by atoms with Gasteiger partial charge in [-0.3, -0.25) is 0 Å². The van der Waals surface area contributed by atoms with Crippen molar-refractivity contribution in [2.45, 2.75) is 38.9 Å². The van der Waals surface area contributed by atoms with Gasteiger partial charge < -0.3 is 14.5 Å². The summed E-state index contributed by atoms with van der Waals surface area (Å²) in [5.74, 6) is 1.18. The van der Waals surface area contributed by atoms with Crippen molar-refractivity contribution in [2.75, 3.05) is 0 Å². The Labute approximate surface area is 149 Å². The Kier molecular flexibility index (Phi) is 4.24. The molecule has 1 unspecified atom stereocenters. The van der Waals surface area contributed by atoms with Crippen molar-refractivity contribution < 1.29 is 0 Å². The fourth-order valence-electron chi connectivity index (χ4n) is 3.27. The van der Waals surface area contributed by atoms with E-state index >= 15 is 0 Å². The van der Waals surface area contributed by atoms with Gasteiger partial charge in [0.25, 0.3) is 0 Å². The van der Waals surface area contributed by atoms with Crippen LogP contribution < -0.4 is 5.32 Å². The number of aromatic nitrogens is 4. The molecular weight excluding hydrogens is 366 g/mol. The number of imidazole rings is 2. The molecule has 0 fully saturated rings. The molecule has 6 heteroatoms. The maximum Gasteiger partial charge on any atom is 0.109 e. The lowest BCUT2D eigenvalue weighted by atomic mass is 10.0. The van der Waals surface area contributed by atoms with Crippen molar-refractivity contribution in [1.29, 1.82) is 0 Å². The number of halogens is 1. The van der Waals surface area contributed by atoms with Gasteiger partial charge in [0.15, 0.2) is 0 Å². The van der Waals surface area contributed by atoms with Crippen molar-refractivity contribution in [1.82, 2.24) is 24.4 Å². The molecule has 2 aromatic heterocycles. The third-order valence-corrected chi connectivity index (χ3v) is 5.35. The predicted octanol–water partition coefficient (Wildman–Crippen LogP) is 3.24. The quantitative estimate of drug-likeness (QED) is 0.749. The summed E-state index contributed by atoms with van der Waals surface area (Å²) in [6.45, 7) is 4.04. The minimum Gasteiger partial charge on any atom is -0.321 e. The van der Waals surface area contributed by atoms with Crippen LogP contribution in [0.5, 0.6) is 0 Å². The number of hydrogen-bond acceptors (Lipinski definition) is 3. The molecule has 4 rings (SSSR count). The second-order valence-electron chi connectivity index (χ2n) is 6.30. The van der Waals surface area contributed by atoms with E-state index in [1.807, 2.05) is 23.3 Å². The van der Waals surface area contributed by atoms with Crippen molar-refractivity contribution in [3.63, 3.8) is 0 Å². The molecule has 0 spiro atoms. The van der Waals surface area contributed by atoms with Gasteiger partial charge in [0.05, 0.1) is 12.5 Å². The van der Waals surface area contributed by atoms with E-state index in [0.717, 1.165) is 36.2 Å². The smallest absolute Gasteiger partial charge is 0.109 e. The molecule has 1 atom stereocenters. The topological polar surface area (TPSA) is 47.7 Å². The molecule has 24 heavy (non-hydrogen) atoms. The van der Waals surface area contributed by atoms with Crippen LogP contribution in [-0.4, -0.2) is 25.1 Å². The predicted molar refractivity (Wildman–Crippen MR) is 97.2 cm³/mol. The van der Waals surface area contributed by atoms with Gasteiger partial charge in [-0.15, -0.1) is 0 Å². The number of rotatable bonds is 4. The highest BCUT2D eigenvalue weighted by molar-refractivity contribution is 9.10. The standard InChI is InChI=1S/C18H20BrN5/c1-13-8-16(23-7-6-20-12-23)4-2-14(13)9-21-15-3-5-18-22-10-17(19)24(18)11-15/h2,4,6-8,10,12,15,21H,3,5,9,11H2,1H3. The third kappa shape index (κ3) is 3.03. The van der Waals surface area contributed by atoms with E-state index in [0.29, 0.717) is 6.04 Å². The number of nitrogens with zero attached hydrogens (tertiary/aromatic N) is 4. The van der Waals surface area contributed by atoms with Gasteiger partial charge in [0.2, 0.25) is 0 Å². The third-order valence-electron chi connectivity index (χ3n) is 4.72. The van der Waals surface area contributed by atoms with Gasteiger partial charge in [0, 0.05) is 43.6 Å². The minimum atomic E-state index is 0.482. The summed E-state index contributed by atoms with van der Waals surface area (Å²) in [5.41, 5.74) is 3.79. The summed E-state index contributed by atoms with van der Waals surface area (Å²) < 4.78 is 5.37. The number of aryl methyl sites for hydroxylation is 2. The van der Waals surface area contributed by atoms with Gasteiger partial charge in [-0.1, -0.05) is 6.07 Å². The number of nitrogens with one attached hydrogen (secondary N) is 1. The Hall–Kier alpha value is -1.92. The molecule has 0 radical (unpaired) electrons. The Bertz CT molecular complexity index is 837. The van der Waals surface area contributed by atoms with Gasteiger partial charge in [-0.25, -0.2) is 9.97 Å². The molecule has 0 amide bonds. The SMILES string of the molecule is Cc1cc(-n2ccnc2)ccc1CNC1CCc2ncc(Br)n2C1. The van der Waals surface area contributed by atoms with Gasteiger partial charge in [-0.05, 0) is 52.5 Å². The van der Waals surface area contributed by atoms with Crippen LogP contribution in [-0.2, 0) is 19.5 Å². The van der Waals surface area contributed by atoms with E-state index in [4.69, 9.17) is 0 Å². The summed E-state index contributed by atoms with van der Waals surface area (Å²) >= 11 is 3.58. The van der Waals surface area contributed by atoms with E-state index in [1.165, 1.54) is 17.0 Å². The zero-order valence-corrected chi connectivity index (χ0v) is 15.2. The fourth-order valence-corrected chi connectivity index (χ4v) is 3.72. The van der Waals surface area contributed by atoms with Crippen LogP contribution in [0.4, 0.5) is 0 Å². The zero-order valence-electron chi connectivity index (χ0n) is 13.6. The first kappa shape index (κ1) is 15.6. The summed E-state index contributed by atoms with van der Waals surface area (Å²) in [5, 5.41) is 3.70. The molecule has 3 heterocycles. The molecule has 124 valence electrons. The number of hydrogen-bond donors (Lipinski definition) is 1. The minimum absolute atomic E-state index is 0.482. The van der Waals surface area contributed by atoms with E-state index in [9.17, 15) is 0 Å². The van der Waals surface area contributed by atoms with Crippen molar-refractivity contribution in [3.8, 4) is 5.69 Å². The van der Waals surface area contributed by atoms with Crippen LogP contribution >= 0.6 is 15.9 Å². The average molecular weight is 386 g/mol. The molecule has 1 aliphatic rings. The molecule has 0 bridgehead atoms. The van der Waals surface area contributed by atoms with E-state index in [1.54, 1.807) is 6.20 Å². The summed E-state index contributed by atoms with van der Waals surface area (Å²) in [6, 6.07) is 7.05. The van der Waals surface area contributed by atoms with Crippen molar-refractivity contribution >= 4 is 15.9 Å². The lowest BCUT2D eigenvalue weighted by Gasteiger charge is -2.26. The van der Waals surface area contributed by atoms with Crippen LogP contribution in [0.2, 0.25) is 0 Å². The molecular formula is C18H20BrN5. The molecule has 0 aliphatic carbocycles. The zero-order chi connectivity index (χ0) is 16.5. The average Bonchev–Trinajstić information content (AvgIpc) is 3.24. The summed E-state index contributed by atoms with van der Waals surface area (Å²) in [4.78, 5) is 8.55. The van der Waals surface area contributed by atoms with Crippen LogP contribution in [0.1, 0.15) is 23.4 Å². The molecule has 1 N–H and O–H groups in total. The number of benzene rings is 1. The monoisotopic (exact) mass is 385 g/mol. The summed E-state index contributed by atoms with van der Waals surface area (Å²) in [7, 11) is 0. The lowest BCUT2D eigenvalue weighted by Crippen LogP contribution is -2.37. The normalized spacial score (nSPS) is 17.0. The Morgan fingerprint density at radius 1 is 1.38 bits per heavy atom. The molecule has 3 aromatic rings. The van der Waals surface area contributed by atoms with Crippen molar-refractivity contribution in [2.24, 2.45) is 0 Å². The first-order valence-corrected chi connectivity index (χ1v) is 9.01. The molecule has 1 aromatic carbocycles. The van der Waals surface area contributed by atoms with E-state index in [2.05, 4.69) is 60.9 Å². The van der Waals surface area contributed by atoms with Gasteiger partial charge in [-0.2, -0.15) is 0 Å². The highest BCUT2D eigenvalue weighted by Crippen LogP contribution is 2.21. The Balaban J connectivity index is 1.42. The van der Waals surface area contributed by atoms with Gasteiger partial charge in [0.1, 0.15) is 10.4 Å². The largest absolute Gasteiger partial charge is 0.321 e. The van der Waals surface area contributed by atoms with Gasteiger partial charge >= 0.3 is 0 Å². The maximum atomic E-state index is 4.44. The van der Waals surface area contributed by atoms with Crippen LogP contribution in [0.25, 0.3) is 5.69 Å². The van der Waals surface area contributed by atoms with E-state index < -0.39 is 0 Å². The highest BCUT2D eigenvalue weighted by Gasteiger charge is 2.20.